The van der Waals surface area contributed by atoms with Crippen molar-refractivity contribution in [2.24, 2.45) is 14.1 Å². The Hall–Kier alpha value is -1.78. The topological polar surface area (TPSA) is 47.7 Å². The number of aryl methyl sites for hydroxylation is 3. The van der Waals surface area contributed by atoms with E-state index in [1.807, 2.05) is 42.5 Å². The average Bonchev–Trinajstić information content (AvgIpc) is 2.72. The monoisotopic (exact) mass is 205 g/mol. The molecule has 0 atom stereocenters. The van der Waals surface area contributed by atoms with Gasteiger partial charge in [-0.05, 0) is 13.0 Å². The van der Waals surface area contributed by atoms with Gasteiger partial charge in [0.2, 0.25) is 0 Å². The van der Waals surface area contributed by atoms with E-state index in [-0.39, 0.29) is 0 Å². The summed E-state index contributed by atoms with van der Waals surface area (Å²) in [6.07, 6.45) is 1.79. The maximum absolute atomic E-state index is 4.32. The van der Waals surface area contributed by atoms with Crippen LogP contribution in [0, 0.1) is 6.92 Å². The molecule has 2 aromatic heterocycles. The van der Waals surface area contributed by atoms with Crippen molar-refractivity contribution < 1.29 is 0 Å². The van der Waals surface area contributed by atoms with Gasteiger partial charge in [-0.3, -0.25) is 9.36 Å². The summed E-state index contributed by atoms with van der Waals surface area (Å²) in [6.45, 7) is 2.77. The highest BCUT2D eigenvalue weighted by Crippen LogP contribution is 2.08. The fourth-order valence-electron chi connectivity index (χ4n) is 1.40. The Labute approximate surface area is 88.7 Å². The average molecular weight is 205 g/mol. The van der Waals surface area contributed by atoms with Crippen LogP contribution in [0.4, 0.5) is 5.82 Å². The molecule has 0 saturated carbocycles. The highest BCUT2D eigenvalue weighted by Gasteiger charge is 2.02. The molecule has 2 aromatic rings. The maximum Gasteiger partial charge on any atom is 0.148 e. The van der Waals surface area contributed by atoms with Gasteiger partial charge in [-0.1, -0.05) is 0 Å². The number of rotatable bonds is 3. The van der Waals surface area contributed by atoms with Gasteiger partial charge in [-0.2, -0.15) is 10.2 Å². The standard InChI is InChI=1S/C10H15N5/c1-8-6-10(13-14(8)2)11-7-9-4-5-12-15(9)3/h4-6H,7H2,1-3H3,(H,11,13). The lowest BCUT2D eigenvalue weighted by molar-refractivity contribution is 0.715. The van der Waals surface area contributed by atoms with Gasteiger partial charge in [0.25, 0.3) is 0 Å². The van der Waals surface area contributed by atoms with E-state index in [0.29, 0.717) is 0 Å². The number of nitrogens with zero attached hydrogens (tertiary/aromatic N) is 4. The summed E-state index contributed by atoms with van der Waals surface area (Å²) >= 11 is 0. The fourth-order valence-corrected chi connectivity index (χ4v) is 1.40. The lowest BCUT2D eigenvalue weighted by Gasteiger charge is -2.02. The van der Waals surface area contributed by atoms with E-state index < -0.39 is 0 Å². The molecule has 2 heterocycles. The first-order valence-corrected chi connectivity index (χ1v) is 4.88. The molecule has 0 aliphatic rings. The van der Waals surface area contributed by atoms with Crippen LogP contribution in [0.15, 0.2) is 18.3 Å². The molecule has 0 aromatic carbocycles. The molecule has 0 radical (unpaired) electrons. The molecule has 0 bridgehead atoms. The van der Waals surface area contributed by atoms with Crippen molar-refractivity contribution in [2.45, 2.75) is 13.5 Å². The molecule has 5 heteroatoms. The van der Waals surface area contributed by atoms with Gasteiger partial charge in [0.1, 0.15) is 5.82 Å². The summed E-state index contributed by atoms with van der Waals surface area (Å²) < 4.78 is 3.70. The molecule has 15 heavy (non-hydrogen) atoms. The molecule has 0 unspecified atom stereocenters. The van der Waals surface area contributed by atoms with Crippen LogP contribution in [0.3, 0.4) is 0 Å². The lowest BCUT2D eigenvalue weighted by Crippen LogP contribution is -2.06. The second kappa shape index (κ2) is 3.76. The number of hydrogen-bond donors (Lipinski definition) is 1. The van der Waals surface area contributed by atoms with Crippen LogP contribution in [0.5, 0.6) is 0 Å². The predicted octanol–water partition coefficient (Wildman–Crippen LogP) is 1.07. The zero-order valence-electron chi connectivity index (χ0n) is 9.23. The highest BCUT2D eigenvalue weighted by atomic mass is 15.3. The van der Waals surface area contributed by atoms with E-state index in [2.05, 4.69) is 15.5 Å². The van der Waals surface area contributed by atoms with Crippen molar-refractivity contribution in [2.75, 3.05) is 5.32 Å². The predicted molar refractivity (Wildman–Crippen MR) is 58.5 cm³/mol. The molecule has 1 N–H and O–H groups in total. The van der Waals surface area contributed by atoms with Crippen LogP contribution < -0.4 is 5.32 Å². The molecule has 80 valence electrons. The molecule has 0 spiro atoms. The van der Waals surface area contributed by atoms with Gasteiger partial charge in [0.15, 0.2) is 0 Å². The van der Waals surface area contributed by atoms with E-state index in [1.165, 1.54) is 0 Å². The van der Waals surface area contributed by atoms with Crippen LogP contribution in [-0.2, 0) is 20.6 Å². The van der Waals surface area contributed by atoms with E-state index in [0.717, 1.165) is 23.8 Å². The summed E-state index contributed by atoms with van der Waals surface area (Å²) in [5.74, 6) is 0.899. The Bertz CT molecular complexity index is 435. The molecular weight excluding hydrogens is 190 g/mol. The number of aromatic nitrogens is 4. The number of nitrogens with one attached hydrogen (secondary N) is 1. The van der Waals surface area contributed by atoms with Crippen LogP contribution in [0.1, 0.15) is 11.4 Å². The van der Waals surface area contributed by atoms with Crippen molar-refractivity contribution in [1.82, 2.24) is 19.6 Å². The van der Waals surface area contributed by atoms with Gasteiger partial charge in [-0.15, -0.1) is 0 Å². The van der Waals surface area contributed by atoms with Crippen LogP contribution in [0.2, 0.25) is 0 Å². The third-order valence-electron chi connectivity index (χ3n) is 2.49. The smallest absolute Gasteiger partial charge is 0.148 e. The van der Waals surface area contributed by atoms with E-state index in [9.17, 15) is 0 Å². The zero-order chi connectivity index (χ0) is 10.8. The van der Waals surface area contributed by atoms with Crippen molar-refractivity contribution in [3.63, 3.8) is 0 Å². The first-order chi connectivity index (χ1) is 7.16. The first-order valence-electron chi connectivity index (χ1n) is 4.88. The van der Waals surface area contributed by atoms with Crippen LogP contribution in [0.25, 0.3) is 0 Å². The minimum atomic E-state index is 0.743. The molecule has 5 nitrogen and oxygen atoms in total. The van der Waals surface area contributed by atoms with Crippen LogP contribution >= 0.6 is 0 Å². The maximum atomic E-state index is 4.32. The molecule has 0 saturated heterocycles. The molecular formula is C10H15N5. The van der Waals surface area contributed by atoms with Gasteiger partial charge in [0.05, 0.1) is 12.2 Å². The minimum Gasteiger partial charge on any atom is -0.363 e. The second-order valence-electron chi connectivity index (χ2n) is 3.59. The first kappa shape index (κ1) is 9.76. The molecule has 0 aliphatic carbocycles. The minimum absolute atomic E-state index is 0.743. The van der Waals surface area contributed by atoms with Crippen molar-refractivity contribution >= 4 is 5.82 Å². The molecule has 0 fully saturated rings. The Morgan fingerprint density at radius 1 is 1.33 bits per heavy atom. The lowest BCUT2D eigenvalue weighted by atomic mass is 10.4. The second-order valence-corrected chi connectivity index (χ2v) is 3.59. The van der Waals surface area contributed by atoms with E-state index in [1.54, 1.807) is 6.20 Å². The third kappa shape index (κ3) is 2.01. The number of anilines is 1. The van der Waals surface area contributed by atoms with Gasteiger partial charge < -0.3 is 5.32 Å². The summed E-state index contributed by atoms with van der Waals surface area (Å²) in [6, 6.07) is 4.01. The van der Waals surface area contributed by atoms with E-state index in [4.69, 9.17) is 0 Å². The SMILES string of the molecule is Cc1cc(NCc2ccnn2C)nn1C. The normalized spacial score (nSPS) is 10.6. The van der Waals surface area contributed by atoms with Gasteiger partial charge >= 0.3 is 0 Å². The number of hydrogen-bond acceptors (Lipinski definition) is 3. The van der Waals surface area contributed by atoms with Gasteiger partial charge in [-0.25, -0.2) is 0 Å². The molecule has 0 amide bonds. The summed E-state index contributed by atoms with van der Waals surface area (Å²) in [4.78, 5) is 0. The highest BCUT2D eigenvalue weighted by molar-refractivity contribution is 5.35. The molecule has 2 rings (SSSR count). The van der Waals surface area contributed by atoms with Crippen molar-refractivity contribution in [3.05, 3.63) is 29.7 Å². The summed E-state index contributed by atoms with van der Waals surface area (Å²) in [5, 5.41) is 11.7. The van der Waals surface area contributed by atoms with Crippen molar-refractivity contribution in [1.29, 1.82) is 0 Å². The quantitative estimate of drug-likeness (QED) is 0.815. The largest absolute Gasteiger partial charge is 0.363 e. The Kier molecular flexibility index (Phi) is 2.45. The van der Waals surface area contributed by atoms with Gasteiger partial charge in [0, 0.05) is 32.1 Å². The fraction of sp³-hybridized carbons (Fsp3) is 0.400. The summed E-state index contributed by atoms with van der Waals surface area (Å²) in [7, 11) is 3.87. The Balaban J connectivity index is 2.02. The van der Waals surface area contributed by atoms with Crippen LogP contribution in [-0.4, -0.2) is 19.6 Å². The summed E-state index contributed by atoms with van der Waals surface area (Å²) in [5.41, 5.74) is 2.28. The van der Waals surface area contributed by atoms with Crippen molar-refractivity contribution in [3.8, 4) is 0 Å². The zero-order valence-corrected chi connectivity index (χ0v) is 9.23. The third-order valence-corrected chi connectivity index (χ3v) is 2.49. The van der Waals surface area contributed by atoms with E-state index >= 15 is 0 Å². The Morgan fingerprint density at radius 3 is 2.67 bits per heavy atom. The molecule has 0 aliphatic heterocycles. The Morgan fingerprint density at radius 2 is 2.13 bits per heavy atom.